The van der Waals surface area contributed by atoms with Gasteiger partial charge in [0.25, 0.3) is 10.0 Å². The third-order valence-corrected chi connectivity index (χ3v) is 8.99. The van der Waals surface area contributed by atoms with Crippen molar-refractivity contribution >= 4 is 67.1 Å². The lowest BCUT2D eigenvalue weighted by molar-refractivity contribution is -0.114. The molecule has 0 saturated carbocycles. The quantitative estimate of drug-likeness (QED) is 0.369. The molecule has 0 aliphatic heterocycles. The minimum atomic E-state index is -4.17. The molecule has 1 aromatic heterocycles. The molecule has 11 heteroatoms. The number of esters is 1. The number of sulfonamides is 1. The molecule has 0 bridgehead atoms. The van der Waals surface area contributed by atoms with Crippen molar-refractivity contribution in [3.63, 3.8) is 0 Å². The third-order valence-electron chi connectivity index (χ3n) is 5.45. The zero-order valence-corrected chi connectivity index (χ0v) is 21.9. The Balaban J connectivity index is 1.69. The SMILES string of the molecule is CCOC(=O)c1c(NC(=O)CN(c2cc(Cl)ccc2Cl)S(=O)(=O)c2ccccc2)sc2c1CCC2. The zero-order valence-electron chi connectivity index (χ0n) is 18.7. The van der Waals surface area contributed by atoms with E-state index in [0.29, 0.717) is 10.6 Å². The molecule has 0 unspecified atom stereocenters. The van der Waals surface area contributed by atoms with Crippen LogP contribution in [-0.4, -0.2) is 33.4 Å². The summed E-state index contributed by atoms with van der Waals surface area (Å²) in [5, 5.41) is 3.46. The van der Waals surface area contributed by atoms with Crippen LogP contribution < -0.4 is 9.62 Å². The number of nitrogens with one attached hydrogen (secondary N) is 1. The summed E-state index contributed by atoms with van der Waals surface area (Å²) < 4.78 is 33.2. The molecule has 1 heterocycles. The molecule has 1 amide bonds. The second-order valence-corrected chi connectivity index (χ2v) is 11.6. The summed E-state index contributed by atoms with van der Waals surface area (Å²) in [7, 11) is -4.17. The van der Waals surface area contributed by atoms with Crippen molar-refractivity contribution in [3.8, 4) is 0 Å². The van der Waals surface area contributed by atoms with Gasteiger partial charge in [0, 0.05) is 9.90 Å². The summed E-state index contributed by atoms with van der Waals surface area (Å²) in [5.74, 6) is -1.14. The third kappa shape index (κ3) is 5.33. The number of hydrogen-bond donors (Lipinski definition) is 1. The monoisotopic (exact) mass is 552 g/mol. The van der Waals surface area contributed by atoms with Crippen LogP contribution >= 0.6 is 34.5 Å². The summed E-state index contributed by atoms with van der Waals surface area (Å²) in [6.45, 7) is 1.33. The number of nitrogens with zero attached hydrogens (tertiary/aromatic N) is 1. The van der Waals surface area contributed by atoms with E-state index in [1.54, 1.807) is 25.1 Å². The Morgan fingerprint density at radius 2 is 1.86 bits per heavy atom. The number of carbonyl (C=O) groups is 2. The summed E-state index contributed by atoms with van der Waals surface area (Å²) in [4.78, 5) is 26.8. The van der Waals surface area contributed by atoms with Crippen LogP contribution in [0.25, 0.3) is 0 Å². The number of halogens is 2. The molecule has 0 atom stereocenters. The summed E-state index contributed by atoms with van der Waals surface area (Å²) in [6, 6.07) is 12.1. The van der Waals surface area contributed by atoms with E-state index in [-0.39, 0.29) is 27.2 Å². The molecule has 0 spiro atoms. The highest BCUT2D eigenvalue weighted by molar-refractivity contribution is 7.92. The molecule has 4 rings (SSSR count). The summed E-state index contributed by atoms with van der Waals surface area (Å²) >= 11 is 13.8. The molecule has 0 radical (unpaired) electrons. The van der Waals surface area contributed by atoms with Crippen LogP contribution in [0.5, 0.6) is 0 Å². The maximum atomic E-state index is 13.5. The van der Waals surface area contributed by atoms with Crippen molar-refractivity contribution in [2.75, 3.05) is 22.8 Å². The van der Waals surface area contributed by atoms with Crippen LogP contribution in [0, 0.1) is 0 Å². The van der Waals surface area contributed by atoms with Crippen LogP contribution in [0.3, 0.4) is 0 Å². The van der Waals surface area contributed by atoms with Crippen molar-refractivity contribution in [2.45, 2.75) is 31.1 Å². The number of aryl methyl sites for hydroxylation is 1. The molecule has 0 fully saturated rings. The number of anilines is 2. The molecular formula is C24H22Cl2N2O5S2. The van der Waals surface area contributed by atoms with Crippen LogP contribution in [0.15, 0.2) is 53.4 Å². The highest BCUT2D eigenvalue weighted by atomic mass is 35.5. The highest BCUT2D eigenvalue weighted by Gasteiger charge is 2.31. The molecule has 35 heavy (non-hydrogen) atoms. The van der Waals surface area contributed by atoms with Crippen molar-refractivity contribution in [2.24, 2.45) is 0 Å². The van der Waals surface area contributed by atoms with Crippen molar-refractivity contribution in [1.29, 1.82) is 0 Å². The molecule has 7 nitrogen and oxygen atoms in total. The van der Waals surface area contributed by atoms with E-state index >= 15 is 0 Å². The van der Waals surface area contributed by atoms with Crippen LogP contribution in [0.2, 0.25) is 10.0 Å². The number of thiophene rings is 1. The summed E-state index contributed by atoms with van der Waals surface area (Å²) in [5.41, 5.74) is 1.30. The second kappa shape index (κ2) is 10.6. The number of ether oxygens (including phenoxy) is 1. The number of fused-ring (bicyclic) bond motifs is 1. The van der Waals surface area contributed by atoms with Crippen LogP contribution in [0.1, 0.15) is 34.1 Å². The van der Waals surface area contributed by atoms with Gasteiger partial charge in [-0.2, -0.15) is 0 Å². The average molecular weight is 553 g/mol. The topological polar surface area (TPSA) is 92.8 Å². The maximum Gasteiger partial charge on any atom is 0.341 e. The normalized spacial score (nSPS) is 12.8. The maximum absolute atomic E-state index is 13.5. The second-order valence-electron chi connectivity index (χ2n) is 7.75. The molecular weight excluding hydrogens is 531 g/mol. The molecule has 2 aromatic carbocycles. The smallest absolute Gasteiger partial charge is 0.341 e. The van der Waals surface area contributed by atoms with Gasteiger partial charge in [-0.1, -0.05) is 41.4 Å². The lowest BCUT2D eigenvalue weighted by atomic mass is 10.1. The van der Waals surface area contributed by atoms with Crippen LogP contribution in [0.4, 0.5) is 10.7 Å². The summed E-state index contributed by atoms with van der Waals surface area (Å²) in [6.07, 6.45) is 2.47. The number of benzene rings is 2. The van der Waals surface area contributed by atoms with Gasteiger partial charge in [-0.05, 0) is 62.1 Å². The first-order valence-corrected chi connectivity index (χ1v) is 13.9. The Bertz CT molecular complexity index is 1370. The van der Waals surface area contributed by atoms with Gasteiger partial charge in [-0.3, -0.25) is 9.10 Å². The average Bonchev–Trinajstić information content (AvgIpc) is 3.40. The first-order chi connectivity index (χ1) is 16.7. The minimum Gasteiger partial charge on any atom is -0.462 e. The molecule has 1 aliphatic rings. The number of amides is 1. The van der Waals surface area contributed by atoms with Gasteiger partial charge >= 0.3 is 5.97 Å². The number of hydrogen-bond acceptors (Lipinski definition) is 6. The van der Waals surface area contributed by atoms with Gasteiger partial charge in [-0.15, -0.1) is 11.3 Å². The van der Waals surface area contributed by atoms with Crippen molar-refractivity contribution in [3.05, 3.63) is 74.6 Å². The van der Waals surface area contributed by atoms with Gasteiger partial charge in [-0.25, -0.2) is 13.2 Å². The molecule has 3 aromatic rings. The van der Waals surface area contributed by atoms with Gasteiger partial charge in [0.15, 0.2) is 0 Å². The van der Waals surface area contributed by atoms with Crippen molar-refractivity contribution < 1.29 is 22.7 Å². The van der Waals surface area contributed by atoms with E-state index in [1.807, 2.05) is 0 Å². The van der Waals surface area contributed by atoms with E-state index < -0.39 is 28.4 Å². The molecule has 0 saturated heterocycles. The number of rotatable bonds is 8. The Morgan fingerprint density at radius 3 is 2.57 bits per heavy atom. The largest absolute Gasteiger partial charge is 0.462 e. The fourth-order valence-corrected chi connectivity index (χ4v) is 7.09. The van der Waals surface area contributed by atoms with E-state index in [1.165, 1.54) is 41.7 Å². The van der Waals surface area contributed by atoms with Crippen molar-refractivity contribution in [1.82, 2.24) is 0 Å². The van der Waals surface area contributed by atoms with Crippen LogP contribution in [-0.2, 0) is 32.4 Å². The van der Waals surface area contributed by atoms with Gasteiger partial charge in [0.1, 0.15) is 11.5 Å². The van der Waals surface area contributed by atoms with Gasteiger partial charge < -0.3 is 10.1 Å². The van der Waals surface area contributed by atoms with E-state index in [4.69, 9.17) is 27.9 Å². The predicted octanol–water partition coefficient (Wildman–Crippen LogP) is 5.55. The zero-order chi connectivity index (χ0) is 25.2. The lowest BCUT2D eigenvalue weighted by Gasteiger charge is -2.25. The Hall–Kier alpha value is -2.59. The molecule has 1 aliphatic carbocycles. The van der Waals surface area contributed by atoms with Gasteiger partial charge in [0.05, 0.1) is 27.8 Å². The lowest BCUT2D eigenvalue weighted by Crippen LogP contribution is -2.38. The molecule has 184 valence electrons. The fourth-order valence-electron chi connectivity index (χ4n) is 3.90. The fraction of sp³-hybridized carbons (Fsp3) is 0.250. The molecule has 1 N–H and O–H groups in total. The van der Waals surface area contributed by atoms with E-state index in [0.717, 1.165) is 34.0 Å². The first kappa shape index (κ1) is 25.5. The minimum absolute atomic E-state index is 0.00819. The standard InChI is InChI=1S/C24H22Cl2N2O5S2/c1-2-33-24(30)22-17-9-6-10-20(17)34-23(22)27-21(29)14-28(19-13-15(25)11-12-18(19)26)35(31,32)16-7-4-3-5-8-16/h3-5,7-8,11-13H,2,6,9-10,14H2,1H3,(H,27,29). The highest BCUT2D eigenvalue weighted by Crippen LogP contribution is 2.40. The Kier molecular flexibility index (Phi) is 7.70. The Labute approximate surface area is 217 Å². The number of carbonyl (C=O) groups excluding carboxylic acids is 2. The van der Waals surface area contributed by atoms with E-state index in [9.17, 15) is 18.0 Å². The van der Waals surface area contributed by atoms with Gasteiger partial charge in [0.2, 0.25) is 5.91 Å². The Morgan fingerprint density at radius 1 is 1.11 bits per heavy atom. The predicted molar refractivity (Wildman–Crippen MR) is 138 cm³/mol. The first-order valence-electron chi connectivity index (χ1n) is 10.9. The van der Waals surface area contributed by atoms with E-state index in [2.05, 4.69) is 5.32 Å².